The van der Waals surface area contributed by atoms with Crippen LogP contribution in [-0.4, -0.2) is 17.3 Å². The Bertz CT molecular complexity index is 321. The van der Waals surface area contributed by atoms with Gasteiger partial charge in [0.1, 0.15) is 0 Å². The zero-order valence-electron chi connectivity index (χ0n) is 9.70. The van der Waals surface area contributed by atoms with Crippen LogP contribution in [0.4, 0.5) is 0 Å². The molecule has 0 spiro atoms. The molecule has 2 nitrogen and oxygen atoms in total. The van der Waals surface area contributed by atoms with E-state index in [0.29, 0.717) is 0 Å². The summed E-state index contributed by atoms with van der Waals surface area (Å²) in [6.45, 7) is 5.93. The number of carboxylic acid groups (broad SMARTS) is 1. The van der Waals surface area contributed by atoms with Crippen LogP contribution in [-0.2, 0) is 11.2 Å². The fraction of sp³-hybridized carbons (Fsp3) is 0.417. The van der Waals surface area contributed by atoms with Gasteiger partial charge >= 0.3 is 5.97 Å². The van der Waals surface area contributed by atoms with Crippen molar-refractivity contribution in [1.29, 1.82) is 0 Å². The molecule has 1 rings (SSSR count). The molecule has 0 fully saturated rings. The lowest BCUT2D eigenvalue weighted by Crippen LogP contribution is -2.01. The highest BCUT2D eigenvalue weighted by Crippen LogP contribution is 2.19. The molecule has 0 aliphatic carbocycles. The van der Waals surface area contributed by atoms with Crippen LogP contribution in [0.25, 0.3) is 0 Å². The topological polar surface area (TPSA) is 37.3 Å². The Kier molecular flexibility index (Phi) is 6.88. The highest BCUT2D eigenvalue weighted by Gasteiger charge is 2.04. The summed E-state index contributed by atoms with van der Waals surface area (Å²) in [5, 5.41) is 8.65. The lowest BCUT2D eigenvalue weighted by Gasteiger charge is -2.04. The molecule has 3 heteroatoms. The number of carbonyl (C=O) groups is 1. The van der Waals surface area contributed by atoms with Crippen molar-refractivity contribution in [2.24, 2.45) is 0 Å². The van der Waals surface area contributed by atoms with Crippen molar-refractivity contribution in [3.8, 4) is 0 Å². The molecule has 0 aliphatic heterocycles. The van der Waals surface area contributed by atoms with Crippen molar-refractivity contribution in [3.63, 3.8) is 0 Å². The quantitative estimate of drug-likeness (QED) is 0.803. The van der Waals surface area contributed by atoms with E-state index in [1.54, 1.807) is 11.8 Å². The summed E-state index contributed by atoms with van der Waals surface area (Å²) in [4.78, 5) is 11.6. The minimum absolute atomic E-state index is 0.111. The van der Waals surface area contributed by atoms with E-state index in [0.717, 1.165) is 16.0 Å². The molecule has 0 radical (unpaired) electrons. The summed E-state index contributed by atoms with van der Waals surface area (Å²) >= 11 is 1.63. The van der Waals surface area contributed by atoms with E-state index >= 15 is 0 Å². The molecule has 0 unspecified atom stereocenters. The Morgan fingerprint density at radius 1 is 1.40 bits per heavy atom. The predicted molar refractivity (Wildman–Crippen MR) is 65.6 cm³/mol. The van der Waals surface area contributed by atoms with Crippen LogP contribution in [0.1, 0.15) is 25.0 Å². The second-order valence-corrected chi connectivity index (χ2v) is 3.74. The van der Waals surface area contributed by atoms with Gasteiger partial charge in [-0.2, -0.15) is 0 Å². The van der Waals surface area contributed by atoms with Crippen molar-refractivity contribution in [3.05, 3.63) is 29.3 Å². The molecule has 0 amide bonds. The summed E-state index contributed by atoms with van der Waals surface area (Å²) in [5.41, 5.74) is 1.94. The maximum Gasteiger partial charge on any atom is 0.307 e. The van der Waals surface area contributed by atoms with E-state index in [1.807, 2.05) is 45.2 Å². The molecule has 0 atom stereocenters. The second-order valence-electron chi connectivity index (χ2n) is 2.86. The third-order valence-corrected chi connectivity index (χ3v) is 2.62. The maximum absolute atomic E-state index is 10.5. The van der Waals surface area contributed by atoms with Crippen LogP contribution in [0.3, 0.4) is 0 Å². The number of hydrogen-bond donors (Lipinski definition) is 1. The van der Waals surface area contributed by atoms with Crippen molar-refractivity contribution in [1.82, 2.24) is 0 Å². The molecule has 1 N–H and O–H groups in total. The Morgan fingerprint density at radius 3 is 2.47 bits per heavy atom. The van der Waals surface area contributed by atoms with Crippen LogP contribution in [0, 0.1) is 6.92 Å². The molecule has 0 saturated heterocycles. The van der Waals surface area contributed by atoms with Crippen LogP contribution in [0.15, 0.2) is 23.1 Å². The molecule has 0 aromatic heterocycles. The highest BCUT2D eigenvalue weighted by molar-refractivity contribution is 7.98. The number of benzene rings is 1. The highest BCUT2D eigenvalue weighted by atomic mass is 32.2. The average molecular weight is 226 g/mol. The summed E-state index contributed by atoms with van der Waals surface area (Å²) < 4.78 is 0. The first kappa shape index (κ1) is 14.0. The monoisotopic (exact) mass is 226 g/mol. The van der Waals surface area contributed by atoms with Gasteiger partial charge in [-0.25, -0.2) is 0 Å². The first-order valence-electron chi connectivity index (χ1n) is 4.99. The van der Waals surface area contributed by atoms with Gasteiger partial charge in [0.15, 0.2) is 0 Å². The number of rotatable bonds is 3. The predicted octanol–water partition coefficient (Wildman–Crippen LogP) is 3.37. The van der Waals surface area contributed by atoms with Crippen LogP contribution in [0.5, 0.6) is 0 Å². The Morgan fingerprint density at radius 2 is 2.00 bits per heavy atom. The third-order valence-electron chi connectivity index (χ3n) is 1.90. The van der Waals surface area contributed by atoms with Gasteiger partial charge in [0, 0.05) is 4.90 Å². The fourth-order valence-electron chi connectivity index (χ4n) is 1.13. The van der Waals surface area contributed by atoms with Gasteiger partial charge in [0.05, 0.1) is 6.42 Å². The van der Waals surface area contributed by atoms with E-state index in [2.05, 4.69) is 0 Å². The van der Waals surface area contributed by atoms with Crippen molar-refractivity contribution in [2.75, 3.05) is 6.26 Å². The zero-order valence-corrected chi connectivity index (χ0v) is 10.5. The van der Waals surface area contributed by atoms with E-state index in [1.165, 1.54) is 0 Å². The first-order valence-corrected chi connectivity index (χ1v) is 6.21. The van der Waals surface area contributed by atoms with Gasteiger partial charge in [-0.05, 0) is 36.4 Å². The molecular weight excluding hydrogens is 208 g/mol. The fourth-order valence-corrected chi connectivity index (χ4v) is 1.59. The number of carboxylic acids is 1. The minimum Gasteiger partial charge on any atom is -0.481 e. The SMILES string of the molecule is CC.CSc1ccc(C)c(CC(=O)O)c1. The number of aryl methyl sites for hydroxylation is 1. The Labute approximate surface area is 95.7 Å². The summed E-state index contributed by atoms with van der Waals surface area (Å²) in [6, 6.07) is 5.91. The summed E-state index contributed by atoms with van der Waals surface area (Å²) in [7, 11) is 0. The van der Waals surface area contributed by atoms with Gasteiger partial charge in [-0.3, -0.25) is 4.79 Å². The Balaban J connectivity index is 0.000000921. The van der Waals surface area contributed by atoms with Crippen molar-refractivity contribution < 1.29 is 9.90 Å². The lowest BCUT2D eigenvalue weighted by molar-refractivity contribution is -0.136. The zero-order chi connectivity index (χ0) is 11.8. The van der Waals surface area contributed by atoms with E-state index in [9.17, 15) is 4.79 Å². The van der Waals surface area contributed by atoms with Gasteiger partial charge in [0.25, 0.3) is 0 Å². The van der Waals surface area contributed by atoms with Crippen LogP contribution in [0.2, 0.25) is 0 Å². The van der Waals surface area contributed by atoms with Gasteiger partial charge in [-0.15, -0.1) is 11.8 Å². The molecule has 15 heavy (non-hydrogen) atoms. The van der Waals surface area contributed by atoms with E-state index in [4.69, 9.17) is 5.11 Å². The van der Waals surface area contributed by atoms with Gasteiger partial charge < -0.3 is 5.11 Å². The number of aliphatic carboxylic acids is 1. The average Bonchev–Trinajstić information content (AvgIpc) is 2.23. The Hall–Kier alpha value is -0.960. The maximum atomic E-state index is 10.5. The van der Waals surface area contributed by atoms with E-state index in [-0.39, 0.29) is 6.42 Å². The van der Waals surface area contributed by atoms with Crippen molar-refractivity contribution >= 4 is 17.7 Å². The van der Waals surface area contributed by atoms with Gasteiger partial charge in [-0.1, -0.05) is 19.9 Å². The van der Waals surface area contributed by atoms with Crippen LogP contribution >= 0.6 is 11.8 Å². The molecule has 84 valence electrons. The third kappa shape index (κ3) is 4.88. The van der Waals surface area contributed by atoms with Crippen molar-refractivity contribution in [2.45, 2.75) is 32.1 Å². The van der Waals surface area contributed by atoms with Gasteiger partial charge in [0.2, 0.25) is 0 Å². The molecule has 1 aromatic rings. The molecule has 0 heterocycles. The number of thioether (sulfide) groups is 1. The second kappa shape index (κ2) is 7.35. The standard InChI is InChI=1S/C10H12O2S.C2H6/c1-7-3-4-9(13-2)5-8(7)6-10(11)12;1-2/h3-5H,6H2,1-2H3,(H,11,12);1-2H3. The smallest absolute Gasteiger partial charge is 0.307 e. The summed E-state index contributed by atoms with van der Waals surface area (Å²) in [6.07, 6.45) is 2.09. The van der Waals surface area contributed by atoms with E-state index < -0.39 is 5.97 Å². The molecule has 0 saturated carbocycles. The summed E-state index contributed by atoms with van der Waals surface area (Å²) in [5.74, 6) is -0.777. The lowest BCUT2D eigenvalue weighted by atomic mass is 10.1. The largest absolute Gasteiger partial charge is 0.481 e. The molecular formula is C12H18O2S. The first-order chi connectivity index (χ1) is 7.13. The molecule has 0 aliphatic rings. The number of hydrogen-bond acceptors (Lipinski definition) is 2. The van der Waals surface area contributed by atoms with Crippen LogP contribution < -0.4 is 0 Å². The molecule has 1 aromatic carbocycles. The normalized spacial score (nSPS) is 9.07. The minimum atomic E-state index is -0.777. The molecule has 0 bridgehead atoms.